The van der Waals surface area contributed by atoms with Crippen LogP contribution in [0.25, 0.3) is 11.0 Å². The summed E-state index contributed by atoms with van der Waals surface area (Å²) >= 11 is 0. The number of hydrogen-bond acceptors (Lipinski definition) is 3. The van der Waals surface area contributed by atoms with Gasteiger partial charge in [-0.2, -0.15) is 0 Å². The molecule has 0 spiro atoms. The number of carbonyl (C=O) groups is 2. The summed E-state index contributed by atoms with van der Waals surface area (Å²) in [5, 5.41) is 12.3. The van der Waals surface area contributed by atoms with Crippen LogP contribution < -0.4 is 5.32 Å². The minimum Gasteiger partial charge on any atom is -0.481 e. The predicted molar refractivity (Wildman–Crippen MR) is 74.3 cm³/mol. The van der Waals surface area contributed by atoms with Gasteiger partial charge in [-0.25, -0.2) is 0 Å². The third-order valence-electron chi connectivity index (χ3n) is 3.04. The lowest BCUT2D eigenvalue weighted by atomic mass is 10.2. The van der Waals surface area contributed by atoms with Crippen LogP contribution in [0.2, 0.25) is 0 Å². The average molecular weight is 275 g/mol. The predicted octanol–water partition coefficient (Wildman–Crippen LogP) is 2.86. The Kier molecular flexibility index (Phi) is 4.40. The summed E-state index contributed by atoms with van der Waals surface area (Å²) in [5.41, 5.74) is 0.787. The maximum atomic E-state index is 11.7. The van der Waals surface area contributed by atoms with Crippen molar-refractivity contribution in [3.05, 3.63) is 36.1 Å². The van der Waals surface area contributed by atoms with E-state index in [9.17, 15) is 9.59 Å². The molecule has 1 aromatic heterocycles. The van der Waals surface area contributed by atoms with Crippen LogP contribution in [0.4, 0.5) is 0 Å². The summed E-state index contributed by atoms with van der Waals surface area (Å²) in [6.45, 7) is 1.84. The molecule has 1 amide bonds. The Hall–Kier alpha value is -2.30. The number of carbonyl (C=O) groups excluding carboxylic acids is 1. The SMILES string of the molecule is CC(NC(=O)CCCC(=O)O)c1cc2ccccc2o1. The van der Waals surface area contributed by atoms with Crippen LogP contribution in [-0.2, 0) is 9.59 Å². The number of fused-ring (bicyclic) bond motifs is 1. The zero-order valence-corrected chi connectivity index (χ0v) is 11.3. The monoisotopic (exact) mass is 275 g/mol. The second-order valence-electron chi connectivity index (χ2n) is 4.72. The van der Waals surface area contributed by atoms with Crippen molar-refractivity contribution >= 4 is 22.8 Å². The van der Waals surface area contributed by atoms with Crippen molar-refractivity contribution in [2.45, 2.75) is 32.2 Å². The van der Waals surface area contributed by atoms with Crippen LogP contribution in [0.5, 0.6) is 0 Å². The molecule has 0 aliphatic heterocycles. The number of aliphatic carboxylic acids is 1. The number of furan rings is 1. The molecule has 0 saturated carbocycles. The minimum atomic E-state index is -0.886. The highest BCUT2D eigenvalue weighted by Crippen LogP contribution is 2.23. The molecule has 0 saturated heterocycles. The van der Waals surface area contributed by atoms with Gasteiger partial charge < -0.3 is 14.8 Å². The van der Waals surface area contributed by atoms with Gasteiger partial charge >= 0.3 is 5.97 Å². The van der Waals surface area contributed by atoms with Gasteiger partial charge in [0, 0.05) is 18.2 Å². The lowest BCUT2D eigenvalue weighted by Gasteiger charge is -2.10. The molecule has 106 valence electrons. The van der Waals surface area contributed by atoms with Crippen molar-refractivity contribution in [3.63, 3.8) is 0 Å². The summed E-state index contributed by atoms with van der Waals surface area (Å²) in [7, 11) is 0. The Balaban J connectivity index is 1.92. The fourth-order valence-corrected chi connectivity index (χ4v) is 2.00. The quantitative estimate of drug-likeness (QED) is 0.849. The van der Waals surface area contributed by atoms with E-state index in [1.54, 1.807) is 0 Å². The van der Waals surface area contributed by atoms with Gasteiger partial charge in [0.15, 0.2) is 0 Å². The van der Waals surface area contributed by atoms with Crippen molar-refractivity contribution in [2.75, 3.05) is 0 Å². The average Bonchev–Trinajstić information content (AvgIpc) is 2.82. The Bertz CT molecular complexity index is 584. The lowest BCUT2D eigenvalue weighted by Crippen LogP contribution is -2.26. The summed E-state index contributed by atoms with van der Waals surface area (Å²) < 4.78 is 5.66. The molecule has 0 radical (unpaired) electrons. The molecule has 0 fully saturated rings. The van der Waals surface area contributed by atoms with Gasteiger partial charge in [-0.15, -0.1) is 0 Å². The Morgan fingerprint density at radius 3 is 2.75 bits per heavy atom. The van der Waals surface area contributed by atoms with Gasteiger partial charge in [0.05, 0.1) is 6.04 Å². The van der Waals surface area contributed by atoms with E-state index >= 15 is 0 Å². The Labute approximate surface area is 116 Å². The van der Waals surface area contributed by atoms with Crippen molar-refractivity contribution in [3.8, 4) is 0 Å². The highest BCUT2D eigenvalue weighted by atomic mass is 16.4. The van der Waals surface area contributed by atoms with E-state index in [-0.39, 0.29) is 24.8 Å². The molecule has 1 heterocycles. The highest BCUT2D eigenvalue weighted by Gasteiger charge is 2.14. The Morgan fingerprint density at radius 1 is 1.30 bits per heavy atom. The summed E-state index contributed by atoms with van der Waals surface area (Å²) in [6.07, 6.45) is 0.553. The summed E-state index contributed by atoms with van der Waals surface area (Å²) in [6, 6.07) is 9.31. The molecule has 5 heteroatoms. The first-order chi connectivity index (χ1) is 9.56. The zero-order chi connectivity index (χ0) is 14.5. The van der Waals surface area contributed by atoms with Crippen LogP contribution >= 0.6 is 0 Å². The first kappa shape index (κ1) is 14.1. The molecule has 5 nitrogen and oxygen atoms in total. The number of para-hydroxylation sites is 1. The normalized spacial score (nSPS) is 12.2. The van der Waals surface area contributed by atoms with E-state index in [2.05, 4.69) is 5.32 Å². The molecule has 2 N–H and O–H groups in total. The second-order valence-corrected chi connectivity index (χ2v) is 4.72. The smallest absolute Gasteiger partial charge is 0.303 e. The van der Waals surface area contributed by atoms with Crippen LogP contribution in [0.15, 0.2) is 34.7 Å². The molecule has 0 aliphatic carbocycles. The van der Waals surface area contributed by atoms with Gasteiger partial charge in [-0.3, -0.25) is 9.59 Å². The van der Waals surface area contributed by atoms with Gasteiger partial charge in [-0.1, -0.05) is 18.2 Å². The van der Waals surface area contributed by atoms with Crippen LogP contribution in [0.3, 0.4) is 0 Å². The van der Waals surface area contributed by atoms with Gasteiger partial charge in [-0.05, 0) is 25.5 Å². The number of carboxylic acids is 1. The van der Waals surface area contributed by atoms with E-state index < -0.39 is 5.97 Å². The van der Waals surface area contributed by atoms with Crippen molar-refractivity contribution in [1.29, 1.82) is 0 Å². The number of hydrogen-bond donors (Lipinski definition) is 2. The summed E-state index contributed by atoms with van der Waals surface area (Å²) in [5.74, 6) is -0.361. The molecule has 20 heavy (non-hydrogen) atoms. The van der Waals surface area contributed by atoms with E-state index in [0.717, 1.165) is 11.0 Å². The van der Waals surface area contributed by atoms with Gasteiger partial charge in [0.2, 0.25) is 5.91 Å². The third kappa shape index (κ3) is 3.60. The summed E-state index contributed by atoms with van der Waals surface area (Å²) in [4.78, 5) is 22.1. The first-order valence-corrected chi connectivity index (χ1v) is 6.56. The van der Waals surface area contributed by atoms with Crippen LogP contribution in [0, 0.1) is 0 Å². The van der Waals surface area contributed by atoms with E-state index in [1.807, 2.05) is 37.3 Å². The molecular formula is C15H17NO4. The Morgan fingerprint density at radius 2 is 2.05 bits per heavy atom. The largest absolute Gasteiger partial charge is 0.481 e. The molecule has 2 rings (SSSR count). The number of amides is 1. The number of rotatable bonds is 6. The number of benzene rings is 1. The second kappa shape index (κ2) is 6.23. The fourth-order valence-electron chi connectivity index (χ4n) is 2.00. The van der Waals surface area contributed by atoms with E-state index in [1.165, 1.54) is 0 Å². The van der Waals surface area contributed by atoms with Gasteiger partial charge in [0.25, 0.3) is 0 Å². The molecular weight excluding hydrogens is 258 g/mol. The van der Waals surface area contributed by atoms with Crippen LogP contribution in [-0.4, -0.2) is 17.0 Å². The number of carboxylic acid groups (broad SMARTS) is 1. The molecule has 1 aromatic carbocycles. The van der Waals surface area contributed by atoms with Crippen molar-refractivity contribution < 1.29 is 19.1 Å². The zero-order valence-electron chi connectivity index (χ0n) is 11.3. The molecule has 0 bridgehead atoms. The van der Waals surface area contributed by atoms with Crippen molar-refractivity contribution in [1.82, 2.24) is 5.32 Å². The van der Waals surface area contributed by atoms with E-state index in [4.69, 9.17) is 9.52 Å². The fraction of sp³-hybridized carbons (Fsp3) is 0.333. The third-order valence-corrected chi connectivity index (χ3v) is 3.04. The standard InChI is InChI=1S/C15H17NO4/c1-10(16-14(17)7-4-8-15(18)19)13-9-11-5-2-3-6-12(11)20-13/h2-3,5-6,9-10H,4,7-8H2,1H3,(H,16,17)(H,18,19). The maximum absolute atomic E-state index is 11.7. The number of nitrogens with one attached hydrogen (secondary N) is 1. The molecule has 1 unspecified atom stereocenters. The van der Waals surface area contributed by atoms with E-state index in [0.29, 0.717) is 12.2 Å². The van der Waals surface area contributed by atoms with Crippen molar-refractivity contribution in [2.24, 2.45) is 0 Å². The van der Waals surface area contributed by atoms with Gasteiger partial charge in [0.1, 0.15) is 11.3 Å². The topological polar surface area (TPSA) is 79.5 Å². The maximum Gasteiger partial charge on any atom is 0.303 e. The first-order valence-electron chi connectivity index (χ1n) is 6.56. The molecule has 2 aromatic rings. The molecule has 1 atom stereocenters. The minimum absolute atomic E-state index is 0.00639. The lowest BCUT2D eigenvalue weighted by molar-refractivity contribution is -0.137. The highest BCUT2D eigenvalue weighted by molar-refractivity contribution is 5.79. The molecule has 0 aliphatic rings. The van der Waals surface area contributed by atoms with Crippen LogP contribution in [0.1, 0.15) is 38.0 Å².